The molecule has 0 rings (SSSR count). The maximum absolute atomic E-state index is 11.3. The van der Waals surface area contributed by atoms with E-state index in [1.54, 1.807) is 7.05 Å². The first-order chi connectivity index (χ1) is 9.96. The van der Waals surface area contributed by atoms with Crippen molar-refractivity contribution in [2.24, 2.45) is 16.8 Å². The zero-order chi connectivity index (χ0) is 16.3. The molecule has 0 amide bonds. The molecule has 0 aliphatic heterocycles. The molecule has 132 valence electrons. The van der Waals surface area contributed by atoms with Crippen LogP contribution in [0.15, 0.2) is 4.99 Å². The van der Waals surface area contributed by atoms with Crippen molar-refractivity contribution < 1.29 is 14.3 Å². The average molecular weight is 429 g/mol. The van der Waals surface area contributed by atoms with Crippen LogP contribution in [0.1, 0.15) is 34.1 Å². The molecule has 2 atom stereocenters. The largest absolute Gasteiger partial charge is 0.469 e. The molecule has 0 heterocycles. The predicted molar refractivity (Wildman–Crippen MR) is 101 cm³/mol. The highest BCUT2D eigenvalue weighted by Gasteiger charge is 2.15. The van der Waals surface area contributed by atoms with Gasteiger partial charge in [-0.15, -0.1) is 24.0 Å². The average Bonchev–Trinajstić information content (AvgIpc) is 2.47. The Labute approximate surface area is 151 Å². The Hall–Kier alpha value is -0.570. The number of esters is 1. The lowest BCUT2D eigenvalue weighted by molar-refractivity contribution is -0.144. The number of carbonyl (C=O) groups is 1. The summed E-state index contributed by atoms with van der Waals surface area (Å²) in [6.45, 7) is 10.1. The second-order valence-corrected chi connectivity index (χ2v) is 5.33. The molecule has 6 nitrogen and oxygen atoms in total. The van der Waals surface area contributed by atoms with E-state index < -0.39 is 0 Å². The molecule has 0 radical (unpaired) electrons. The molecule has 0 aliphatic rings. The van der Waals surface area contributed by atoms with Gasteiger partial charge in [0.15, 0.2) is 5.96 Å². The van der Waals surface area contributed by atoms with Crippen LogP contribution in [0.2, 0.25) is 0 Å². The Balaban J connectivity index is 0. The Morgan fingerprint density at radius 1 is 1.23 bits per heavy atom. The van der Waals surface area contributed by atoms with E-state index in [1.807, 2.05) is 13.8 Å². The van der Waals surface area contributed by atoms with Crippen LogP contribution in [0, 0.1) is 11.8 Å². The number of methoxy groups -OCH3 is 1. The van der Waals surface area contributed by atoms with Crippen molar-refractivity contribution in [1.29, 1.82) is 0 Å². The molecule has 0 saturated heterocycles. The lowest BCUT2D eigenvalue weighted by Gasteiger charge is -2.21. The summed E-state index contributed by atoms with van der Waals surface area (Å²) >= 11 is 0. The first-order valence-corrected chi connectivity index (χ1v) is 7.60. The van der Waals surface area contributed by atoms with E-state index in [-0.39, 0.29) is 42.0 Å². The van der Waals surface area contributed by atoms with Gasteiger partial charge in [0, 0.05) is 26.7 Å². The Bertz CT molecular complexity index is 325. The normalized spacial score (nSPS) is 14.0. The van der Waals surface area contributed by atoms with Gasteiger partial charge in [-0.3, -0.25) is 9.79 Å². The lowest BCUT2D eigenvalue weighted by atomic mass is 10.0. The number of guanidine groups is 1. The SMILES string of the molecule is CCOC(CCNC(=NC)NCC(C)C(=O)OC)C(C)C.I. The summed E-state index contributed by atoms with van der Waals surface area (Å²) in [4.78, 5) is 15.5. The van der Waals surface area contributed by atoms with Gasteiger partial charge in [0.05, 0.1) is 19.1 Å². The topological polar surface area (TPSA) is 72.0 Å². The summed E-state index contributed by atoms with van der Waals surface area (Å²) in [5, 5.41) is 6.35. The number of aliphatic imine (C=N–C) groups is 1. The van der Waals surface area contributed by atoms with E-state index in [9.17, 15) is 4.79 Å². The van der Waals surface area contributed by atoms with Gasteiger partial charge in [0.2, 0.25) is 0 Å². The number of hydrogen-bond acceptors (Lipinski definition) is 4. The van der Waals surface area contributed by atoms with Crippen LogP contribution in [-0.2, 0) is 14.3 Å². The molecule has 22 heavy (non-hydrogen) atoms. The van der Waals surface area contributed by atoms with Gasteiger partial charge in [0.25, 0.3) is 0 Å². The number of carbonyl (C=O) groups excluding carboxylic acids is 1. The van der Waals surface area contributed by atoms with Crippen molar-refractivity contribution in [3.63, 3.8) is 0 Å². The van der Waals surface area contributed by atoms with Crippen molar-refractivity contribution >= 4 is 35.9 Å². The van der Waals surface area contributed by atoms with Gasteiger partial charge >= 0.3 is 5.97 Å². The summed E-state index contributed by atoms with van der Waals surface area (Å²) in [6.07, 6.45) is 1.16. The van der Waals surface area contributed by atoms with Crippen LogP contribution in [-0.4, -0.2) is 51.9 Å². The van der Waals surface area contributed by atoms with Crippen LogP contribution in [0.3, 0.4) is 0 Å². The number of rotatable bonds is 9. The summed E-state index contributed by atoms with van der Waals surface area (Å²) in [7, 11) is 3.10. The molecule has 0 saturated carbocycles. The van der Waals surface area contributed by atoms with Gasteiger partial charge < -0.3 is 20.1 Å². The minimum absolute atomic E-state index is 0. The van der Waals surface area contributed by atoms with Crippen LogP contribution in [0.25, 0.3) is 0 Å². The summed E-state index contributed by atoms with van der Waals surface area (Å²) in [6, 6.07) is 0. The molecule has 2 N–H and O–H groups in total. The fourth-order valence-electron chi connectivity index (χ4n) is 1.91. The van der Waals surface area contributed by atoms with Crippen molar-refractivity contribution in [2.45, 2.75) is 40.2 Å². The standard InChI is InChI=1S/C15H31N3O3.HI/c1-7-21-13(11(2)3)8-9-17-15(16-5)18-10-12(4)14(19)20-6;/h11-13H,7-10H2,1-6H3,(H2,16,17,18);1H. The molecular formula is C15H32IN3O3. The third-order valence-corrected chi connectivity index (χ3v) is 3.25. The van der Waals surface area contributed by atoms with Crippen molar-refractivity contribution in [3.8, 4) is 0 Å². The fourth-order valence-corrected chi connectivity index (χ4v) is 1.91. The van der Waals surface area contributed by atoms with E-state index in [2.05, 4.69) is 34.2 Å². The number of nitrogens with one attached hydrogen (secondary N) is 2. The highest BCUT2D eigenvalue weighted by atomic mass is 127. The van der Waals surface area contributed by atoms with E-state index in [0.717, 1.165) is 19.6 Å². The fraction of sp³-hybridized carbons (Fsp3) is 0.867. The van der Waals surface area contributed by atoms with E-state index in [0.29, 0.717) is 18.4 Å². The molecule has 0 aromatic heterocycles. The monoisotopic (exact) mass is 429 g/mol. The molecule has 0 aliphatic carbocycles. The molecule has 0 aromatic carbocycles. The maximum atomic E-state index is 11.3. The van der Waals surface area contributed by atoms with E-state index in [1.165, 1.54) is 7.11 Å². The maximum Gasteiger partial charge on any atom is 0.310 e. The third kappa shape index (κ3) is 10.2. The second-order valence-electron chi connectivity index (χ2n) is 5.33. The number of ether oxygens (including phenoxy) is 2. The smallest absolute Gasteiger partial charge is 0.310 e. The second kappa shape index (κ2) is 14.0. The predicted octanol–water partition coefficient (Wildman–Crippen LogP) is 2.03. The zero-order valence-electron chi connectivity index (χ0n) is 14.6. The first-order valence-electron chi connectivity index (χ1n) is 7.60. The molecule has 0 fully saturated rings. The quantitative estimate of drug-likeness (QED) is 0.254. The van der Waals surface area contributed by atoms with Gasteiger partial charge in [-0.25, -0.2) is 0 Å². The highest BCUT2D eigenvalue weighted by Crippen LogP contribution is 2.09. The van der Waals surface area contributed by atoms with Gasteiger partial charge in [-0.1, -0.05) is 20.8 Å². The minimum Gasteiger partial charge on any atom is -0.469 e. The third-order valence-electron chi connectivity index (χ3n) is 3.25. The van der Waals surface area contributed by atoms with Gasteiger partial charge in [-0.2, -0.15) is 0 Å². The van der Waals surface area contributed by atoms with Crippen molar-refractivity contribution in [3.05, 3.63) is 0 Å². The molecule has 0 spiro atoms. The van der Waals surface area contributed by atoms with Crippen LogP contribution in [0.5, 0.6) is 0 Å². The summed E-state index contributed by atoms with van der Waals surface area (Å²) in [5.74, 6) is 0.736. The van der Waals surface area contributed by atoms with Crippen molar-refractivity contribution in [2.75, 3.05) is 33.9 Å². The van der Waals surface area contributed by atoms with Crippen molar-refractivity contribution in [1.82, 2.24) is 10.6 Å². The molecule has 7 heteroatoms. The van der Waals surface area contributed by atoms with Crippen LogP contribution in [0.4, 0.5) is 0 Å². The zero-order valence-corrected chi connectivity index (χ0v) is 17.0. The molecule has 0 aromatic rings. The van der Waals surface area contributed by atoms with E-state index >= 15 is 0 Å². The Morgan fingerprint density at radius 2 is 1.86 bits per heavy atom. The highest BCUT2D eigenvalue weighted by molar-refractivity contribution is 14.0. The minimum atomic E-state index is -0.228. The number of halogens is 1. The molecular weight excluding hydrogens is 397 g/mol. The van der Waals surface area contributed by atoms with Gasteiger partial charge in [0.1, 0.15) is 0 Å². The first kappa shape index (κ1) is 23.7. The van der Waals surface area contributed by atoms with Crippen LogP contribution >= 0.6 is 24.0 Å². The Kier molecular flexibility index (Phi) is 15.1. The summed E-state index contributed by atoms with van der Waals surface area (Å²) in [5.41, 5.74) is 0. The molecule has 0 bridgehead atoms. The Morgan fingerprint density at radius 3 is 2.32 bits per heavy atom. The van der Waals surface area contributed by atoms with Gasteiger partial charge in [-0.05, 0) is 19.3 Å². The molecule has 2 unspecified atom stereocenters. The summed E-state index contributed by atoms with van der Waals surface area (Å²) < 4.78 is 10.4. The lowest BCUT2D eigenvalue weighted by Crippen LogP contribution is -2.42. The van der Waals surface area contributed by atoms with Crippen LogP contribution < -0.4 is 10.6 Å². The number of hydrogen-bond donors (Lipinski definition) is 2. The van der Waals surface area contributed by atoms with E-state index in [4.69, 9.17) is 4.74 Å². The number of nitrogens with zero attached hydrogens (tertiary/aromatic N) is 1.